The van der Waals surface area contributed by atoms with E-state index < -0.39 is 5.82 Å². The quantitative estimate of drug-likeness (QED) is 0.830. The highest BCUT2D eigenvalue weighted by atomic mass is 19.1. The van der Waals surface area contributed by atoms with Gasteiger partial charge in [0.1, 0.15) is 11.6 Å². The van der Waals surface area contributed by atoms with Gasteiger partial charge in [0.25, 0.3) is 0 Å². The SMILES string of the molecule is CCC(C)CN(CC)c1ncc(F)cc1CO. The average Bonchev–Trinajstić information content (AvgIpc) is 2.35. The minimum absolute atomic E-state index is 0.183. The van der Waals surface area contributed by atoms with E-state index in [4.69, 9.17) is 0 Å². The first kappa shape index (κ1) is 13.9. The van der Waals surface area contributed by atoms with Gasteiger partial charge in [0, 0.05) is 18.7 Å². The topological polar surface area (TPSA) is 36.4 Å². The minimum atomic E-state index is -0.405. The fourth-order valence-corrected chi connectivity index (χ4v) is 1.75. The summed E-state index contributed by atoms with van der Waals surface area (Å²) in [4.78, 5) is 6.18. The zero-order valence-electron chi connectivity index (χ0n) is 10.8. The highest BCUT2D eigenvalue weighted by molar-refractivity contribution is 5.46. The van der Waals surface area contributed by atoms with E-state index in [1.165, 1.54) is 12.3 Å². The largest absolute Gasteiger partial charge is 0.392 e. The number of pyridine rings is 1. The van der Waals surface area contributed by atoms with Crippen LogP contribution in [0.25, 0.3) is 0 Å². The summed E-state index contributed by atoms with van der Waals surface area (Å²) in [7, 11) is 0. The molecule has 1 aromatic rings. The van der Waals surface area contributed by atoms with Gasteiger partial charge in [0.05, 0.1) is 12.8 Å². The van der Waals surface area contributed by atoms with Crippen molar-refractivity contribution in [2.45, 2.75) is 33.8 Å². The Hall–Kier alpha value is -1.16. The van der Waals surface area contributed by atoms with Gasteiger partial charge in [-0.3, -0.25) is 0 Å². The fraction of sp³-hybridized carbons (Fsp3) is 0.615. The van der Waals surface area contributed by atoms with Crippen molar-refractivity contribution >= 4 is 5.82 Å². The molecule has 96 valence electrons. The van der Waals surface area contributed by atoms with Crippen LogP contribution in [0.3, 0.4) is 0 Å². The Bertz CT molecular complexity index is 357. The summed E-state index contributed by atoms with van der Waals surface area (Å²) in [6.45, 7) is 7.84. The van der Waals surface area contributed by atoms with Crippen molar-refractivity contribution in [2.24, 2.45) is 5.92 Å². The first-order valence-corrected chi connectivity index (χ1v) is 6.12. The van der Waals surface area contributed by atoms with Gasteiger partial charge >= 0.3 is 0 Å². The van der Waals surface area contributed by atoms with E-state index in [9.17, 15) is 9.50 Å². The van der Waals surface area contributed by atoms with Gasteiger partial charge in [-0.25, -0.2) is 9.37 Å². The Kier molecular flexibility index (Phi) is 5.35. The Morgan fingerprint density at radius 1 is 1.47 bits per heavy atom. The summed E-state index contributed by atoms with van der Waals surface area (Å²) in [6, 6.07) is 1.35. The third-order valence-corrected chi connectivity index (χ3v) is 2.99. The van der Waals surface area contributed by atoms with Crippen molar-refractivity contribution in [1.29, 1.82) is 0 Å². The molecular formula is C13H21FN2O. The molecule has 1 unspecified atom stereocenters. The van der Waals surface area contributed by atoms with Gasteiger partial charge in [0.15, 0.2) is 0 Å². The second-order valence-electron chi connectivity index (χ2n) is 4.35. The van der Waals surface area contributed by atoms with Crippen molar-refractivity contribution in [3.63, 3.8) is 0 Å². The molecule has 3 nitrogen and oxygen atoms in total. The van der Waals surface area contributed by atoms with Crippen molar-refractivity contribution in [3.05, 3.63) is 23.6 Å². The molecule has 0 radical (unpaired) electrons. The number of rotatable bonds is 6. The third-order valence-electron chi connectivity index (χ3n) is 2.99. The van der Waals surface area contributed by atoms with Crippen LogP contribution in [0.2, 0.25) is 0 Å². The normalized spacial score (nSPS) is 12.5. The predicted octanol–water partition coefficient (Wildman–Crippen LogP) is 2.59. The van der Waals surface area contributed by atoms with Crippen molar-refractivity contribution in [1.82, 2.24) is 4.98 Å². The molecule has 17 heavy (non-hydrogen) atoms. The van der Waals surface area contributed by atoms with Crippen molar-refractivity contribution in [2.75, 3.05) is 18.0 Å². The second kappa shape index (κ2) is 6.55. The molecule has 0 bridgehead atoms. The number of nitrogens with zero attached hydrogens (tertiary/aromatic N) is 2. The molecule has 1 atom stereocenters. The fourth-order valence-electron chi connectivity index (χ4n) is 1.75. The highest BCUT2D eigenvalue weighted by Gasteiger charge is 2.14. The molecule has 0 aliphatic rings. The first-order valence-electron chi connectivity index (χ1n) is 6.12. The Morgan fingerprint density at radius 3 is 2.71 bits per heavy atom. The van der Waals surface area contributed by atoms with Gasteiger partial charge in [-0.1, -0.05) is 20.3 Å². The van der Waals surface area contributed by atoms with Crippen LogP contribution in [0, 0.1) is 11.7 Å². The van der Waals surface area contributed by atoms with Crippen LogP contribution in [-0.2, 0) is 6.61 Å². The summed E-state index contributed by atoms with van der Waals surface area (Å²) < 4.78 is 13.0. The molecule has 4 heteroatoms. The first-order chi connectivity index (χ1) is 8.12. The molecule has 0 aliphatic carbocycles. The van der Waals surface area contributed by atoms with Crippen LogP contribution >= 0.6 is 0 Å². The molecule has 0 aliphatic heterocycles. The van der Waals surface area contributed by atoms with E-state index in [1.54, 1.807) is 0 Å². The number of halogens is 1. The van der Waals surface area contributed by atoms with Crippen LogP contribution < -0.4 is 4.90 Å². The van der Waals surface area contributed by atoms with Gasteiger partial charge in [-0.15, -0.1) is 0 Å². The molecule has 1 N–H and O–H groups in total. The zero-order valence-corrected chi connectivity index (χ0v) is 10.8. The van der Waals surface area contributed by atoms with Crippen LogP contribution in [0.4, 0.5) is 10.2 Å². The maximum Gasteiger partial charge on any atom is 0.142 e. The predicted molar refractivity (Wildman–Crippen MR) is 67.5 cm³/mol. The number of aliphatic hydroxyl groups is 1. The Balaban J connectivity index is 2.94. The molecular weight excluding hydrogens is 219 g/mol. The monoisotopic (exact) mass is 240 g/mol. The van der Waals surface area contributed by atoms with E-state index in [0.717, 1.165) is 19.5 Å². The average molecular weight is 240 g/mol. The van der Waals surface area contributed by atoms with Crippen LogP contribution in [0.15, 0.2) is 12.3 Å². The maximum absolute atomic E-state index is 13.0. The molecule has 1 aromatic heterocycles. The van der Waals surface area contributed by atoms with Crippen LogP contribution in [-0.4, -0.2) is 23.2 Å². The minimum Gasteiger partial charge on any atom is -0.392 e. The Labute approximate surface area is 102 Å². The molecule has 0 aromatic carbocycles. The lowest BCUT2D eigenvalue weighted by Gasteiger charge is -2.26. The lowest BCUT2D eigenvalue weighted by atomic mass is 10.1. The van der Waals surface area contributed by atoms with E-state index in [2.05, 4.69) is 23.7 Å². The number of aliphatic hydroxyl groups excluding tert-OH is 1. The third kappa shape index (κ3) is 3.66. The summed E-state index contributed by atoms with van der Waals surface area (Å²) in [5.41, 5.74) is 0.551. The van der Waals surface area contributed by atoms with Crippen molar-refractivity contribution < 1.29 is 9.50 Å². The molecule has 0 amide bonds. The van der Waals surface area contributed by atoms with Gasteiger partial charge in [-0.05, 0) is 18.9 Å². The highest BCUT2D eigenvalue weighted by Crippen LogP contribution is 2.20. The molecule has 0 fully saturated rings. The summed E-state index contributed by atoms with van der Waals surface area (Å²) in [6.07, 6.45) is 2.29. The van der Waals surface area contributed by atoms with Crippen LogP contribution in [0.1, 0.15) is 32.8 Å². The lowest BCUT2D eigenvalue weighted by molar-refractivity contribution is 0.280. The summed E-state index contributed by atoms with van der Waals surface area (Å²) in [5.74, 6) is 0.836. The molecule has 0 saturated heterocycles. The molecule has 1 rings (SSSR count). The number of aromatic nitrogens is 1. The number of hydrogen-bond donors (Lipinski definition) is 1. The molecule has 0 spiro atoms. The second-order valence-corrected chi connectivity index (χ2v) is 4.35. The van der Waals surface area contributed by atoms with E-state index in [0.29, 0.717) is 17.3 Å². The van der Waals surface area contributed by atoms with Gasteiger partial charge in [0.2, 0.25) is 0 Å². The number of anilines is 1. The van der Waals surface area contributed by atoms with Crippen molar-refractivity contribution in [3.8, 4) is 0 Å². The maximum atomic E-state index is 13.0. The number of hydrogen-bond acceptors (Lipinski definition) is 3. The summed E-state index contributed by atoms with van der Waals surface area (Å²) >= 11 is 0. The van der Waals surface area contributed by atoms with Gasteiger partial charge < -0.3 is 10.0 Å². The lowest BCUT2D eigenvalue weighted by Crippen LogP contribution is -2.30. The smallest absolute Gasteiger partial charge is 0.142 e. The summed E-state index contributed by atoms with van der Waals surface area (Å²) in [5, 5.41) is 9.25. The van der Waals surface area contributed by atoms with E-state index in [-0.39, 0.29) is 6.61 Å². The molecule has 0 saturated carbocycles. The molecule has 1 heterocycles. The zero-order chi connectivity index (χ0) is 12.8. The van der Waals surface area contributed by atoms with Crippen LogP contribution in [0.5, 0.6) is 0 Å². The van der Waals surface area contributed by atoms with E-state index in [1.807, 2.05) is 6.92 Å². The van der Waals surface area contributed by atoms with E-state index >= 15 is 0 Å². The standard InChI is InChI=1S/C13H21FN2O/c1-4-10(3)8-16(5-2)13-11(9-17)6-12(14)7-15-13/h6-7,10,17H,4-5,8-9H2,1-3H3. The Morgan fingerprint density at radius 2 is 2.18 bits per heavy atom. The van der Waals surface area contributed by atoms with Gasteiger partial charge in [-0.2, -0.15) is 0 Å².